The molecule has 0 saturated carbocycles. The molecule has 0 bridgehead atoms. The first-order valence-electron chi connectivity index (χ1n) is 7.12. The van der Waals surface area contributed by atoms with Crippen molar-refractivity contribution in [1.29, 1.82) is 0 Å². The summed E-state index contributed by atoms with van der Waals surface area (Å²) in [5.41, 5.74) is 0. The highest BCUT2D eigenvalue weighted by atomic mass is 16.5. The Bertz CT molecular complexity index is 343. The smallest absolute Gasteiger partial charge is 0.318 e. The fraction of sp³-hybridized carbons (Fsp3) is 0.846. The Kier molecular flexibility index (Phi) is 7.43. The van der Waals surface area contributed by atoms with E-state index in [2.05, 4.69) is 29.4 Å². The van der Waals surface area contributed by atoms with Gasteiger partial charge in [-0.1, -0.05) is 12.0 Å². The van der Waals surface area contributed by atoms with Crippen molar-refractivity contribution < 1.29 is 9.15 Å². The molecule has 6 nitrogen and oxygen atoms in total. The van der Waals surface area contributed by atoms with Crippen molar-refractivity contribution in [2.45, 2.75) is 40.2 Å². The topological polar surface area (TPSA) is 63.4 Å². The average Bonchev–Trinajstić information content (AvgIpc) is 2.90. The third-order valence-corrected chi connectivity index (χ3v) is 2.86. The van der Waals surface area contributed by atoms with Gasteiger partial charge in [0.25, 0.3) is 0 Å². The van der Waals surface area contributed by atoms with Crippen LogP contribution in [0, 0.1) is 0 Å². The van der Waals surface area contributed by atoms with Crippen LogP contribution in [0.25, 0.3) is 0 Å². The maximum Gasteiger partial charge on any atom is 0.318 e. The molecule has 0 aliphatic rings. The van der Waals surface area contributed by atoms with Crippen LogP contribution in [0.2, 0.25) is 0 Å². The lowest BCUT2D eigenvalue weighted by Crippen LogP contribution is -2.27. The van der Waals surface area contributed by atoms with E-state index in [1.165, 1.54) is 0 Å². The lowest BCUT2D eigenvalue weighted by Gasteiger charge is -2.17. The van der Waals surface area contributed by atoms with Gasteiger partial charge in [0.05, 0.1) is 12.6 Å². The molecule has 1 aromatic heterocycles. The van der Waals surface area contributed by atoms with Crippen molar-refractivity contribution in [3.8, 4) is 0 Å². The van der Waals surface area contributed by atoms with Gasteiger partial charge in [-0.05, 0) is 33.7 Å². The SMILES string of the molecule is CCCNC(C)c1nnc(N(CC)CCOCC)o1. The molecule has 0 aliphatic heterocycles. The molecule has 6 heteroatoms. The van der Waals surface area contributed by atoms with Crippen LogP contribution in [-0.4, -0.2) is 43.0 Å². The number of aromatic nitrogens is 2. The predicted molar refractivity (Wildman–Crippen MR) is 75.4 cm³/mol. The Morgan fingerprint density at radius 2 is 2.11 bits per heavy atom. The largest absolute Gasteiger partial charge is 0.406 e. The number of ether oxygens (including phenoxy) is 1. The first-order chi connectivity index (χ1) is 9.22. The van der Waals surface area contributed by atoms with Crippen molar-refractivity contribution in [1.82, 2.24) is 15.5 Å². The minimum absolute atomic E-state index is 0.0896. The summed E-state index contributed by atoms with van der Waals surface area (Å²) in [6.45, 7) is 12.1. The van der Waals surface area contributed by atoms with E-state index >= 15 is 0 Å². The summed E-state index contributed by atoms with van der Waals surface area (Å²) in [5.74, 6) is 0.637. The highest BCUT2D eigenvalue weighted by Gasteiger charge is 2.16. The second-order valence-electron chi connectivity index (χ2n) is 4.38. The molecular formula is C13H26N4O2. The van der Waals surface area contributed by atoms with Crippen LogP contribution >= 0.6 is 0 Å². The Morgan fingerprint density at radius 3 is 2.74 bits per heavy atom. The number of nitrogens with one attached hydrogen (secondary N) is 1. The van der Waals surface area contributed by atoms with Crippen molar-refractivity contribution in [3.05, 3.63) is 5.89 Å². The quantitative estimate of drug-likeness (QED) is 0.656. The second kappa shape index (κ2) is 8.87. The third kappa shape index (κ3) is 5.16. The highest BCUT2D eigenvalue weighted by Crippen LogP contribution is 2.16. The van der Waals surface area contributed by atoms with Gasteiger partial charge < -0.3 is 19.4 Å². The Morgan fingerprint density at radius 1 is 1.32 bits per heavy atom. The lowest BCUT2D eigenvalue weighted by molar-refractivity contribution is 0.153. The standard InChI is InChI=1S/C13H26N4O2/c1-5-8-14-11(4)12-15-16-13(19-12)17(6-2)9-10-18-7-3/h11,14H,5-10H2,1-4H3. The molecule has 110 valence electrons. The molecule has 0 aliphatic carbocycles. The molecule has 19 heavy (non-hydrogen) atoms. The summed E-state index contributed by atoms with van der Waals surface area (Å²) in [5, 5.41) is 11.5. The van der Waals surface area contributed by atoms with Gasteiger partial charge in [-0.3, -0.25) is 0 Å². The monoisotopic (exact) mass is 270 g/mol. The fourth-order valence-corrected chi connectivity index (χ4v) is 1.69. The fourth-order valence-electron chi connectivity index (χ4n) is 1.69. The first kappa shape index (κ1) is 15.9. The van der Waals surface area contributed by atoms with Crippen LogP contribution in [0.15, 0.2) is 4.42 Å². The van der Waals surface area contributed by atoms with Crippen LogP contribution < -0.4 is 10.2 Å². The summed E-state index contributed by atoms with van der Waals surface area (Å²) >= 11 is 0. The number of likely N-dealkylation sites (N-methyl/N-ethyl adjacent to an activating group) is 1. The number of nitrogens with zero attached hydrogens (tertiary/aromatic N) is 3. The van der Waals surface area contributed by atoms with Crippen LogP contribution in [0.3, 0.4) is 0 Å². The van der Waals surface area contributed by atoms with Crippen molar-refractivity contribution >= 4 is 6.01 Å². The maximum atomic E-state index is 5.71. The molecule has 0 fully saturated rings. The summed E-state index contributed by atoms with van der Waals surface area (Å²) in [7, 11) is 0. The summed E-state index contributed by atoms with van der Waals surface area (Å²) in [6.07, 6.45) is 1.08. The minimum Gasteiger partial charge on any atom is -0.406 e. The van der Waals surface area contributed by atoms with Crippen molar-refractivity contribution in [2.75, 3.05) is 37.7 Å². The van der Waals surface area contributed by atoms with Crippen LogP contribution in [0.1, 0.15) is 46.0 Å². The summed E-state index contributed by atoms with van der Waals surface area (Å²) in [6, 6.07) is 0.661. The van der Waals surface area contributed by atoms with Crippen LogP contribution in [-0.2, 0) is 4.74 Å². The average molecular weight is 270 g/mol. The Labute approximate surface area is 115 Å². The van der Waals surface area contributed by atoms with Gasteiger partial charge in [-0.15, -0.1) is 5.10 Å². The van der Waals surface area contributed by atoms with Crippen LogP contribution in [0.5, 0.6) is 0 Å². The number of hydrogen-bond acceptors (Lipinski definition) is 6. The summed E-state index contributed by atoms with van der Waals surface area (Å²) in [4.78, 5) is 2.03. The highest BCUT2D eigenvalue weighted by molar-refractivity contribution is 5.23. The van der Waals surface area contributed by atoms with E-state index in [4.69, 9.17) is 9.15 Å². The molecule has 1 N–H and O–H groups in total. The molecule has 1 aromatic rings. The van der Waals surface area contributed by atoms with Gasteiger partial charge in [0.2, 0.25) is 5.89 Å². The van der Waals surface area contributed by atoms with Gasteiger partial charge >= 0.3 is 6.01 Å². The molecule has 0 amide bonds. The zero-order valence-corrected chi connectivity index (χ0v) is 12.5. The van der Waals surface area contributed by atoms with E-state index in [0.29, 0.717) is 18.5 Å². The predicted octanol–water partition coefficient (Wildman–Crippen LogP) is 1.99. The molecule has 1 rings (SSSR count). The second-order valence-corrected chi connectivity index (χ2v) is 4.38. The normalized spacial score (nSPS) is 12.6. The molecule has 0 radical (unpaired) electrons. The maximum absolute atomic E-state index is 5.71. The van der Waals surface area contributed by atoms with E-state index in [0.717, 1.165) is 32.7 Å². The van der Waals surface area contributed by atoms with E-state index in [1.54, 1.807) is 0 Å². The molecular weight excluding hydrogens is 244 g/mol. The molecule has 0 saturated heterocycles. The molecule has 1 unspecified atom stereocenters. The molecule has 1 heterocycles. The van der Waals surface area contributed by atoms with Crippen LogP contribution in [0.4, 0.5) is 6.01 Å². The number of hydrogen-bond donors (Lipinski definition) is 1. The van der Waals surface area contributed by atoms with Gasteiger partial charge in [0, 0.05) is 19.7 Å². The number of anilines is 1. The molecule has 0 aromatic carbocycles. The van der Waals surface area contributed by atoms with Crippen molar-refractivity contribution in [3.63, 3.8) is 0 Å². The van der Waals surface area contributed by atoms with Gasteiger partial charge in [0.1, 0.15) is 0 Å². The Hall–Kier alpha value is -1.14. The van der Waals surface area contributed by atoms with E-state index in [9.17, 15) is 0 Å². The van der Waals surface area contributed by atoms with E-state index in [1.807, 2.05) is 18.7 Å². The van der Waals surface area contributed by atoms with Gasteiger partial charge in [-0.2, -0.15) is 0 Å². The van der Waals surface area contributed by atoms with E-state index < -0.39 is 0 Å². The third-order valence-electron chi connectivity index (χ3n) is 2.86. The Balaban J connectivity index is 2.55. The lowest BCUT2D eigenvalue weighted by atomic mass is 10.3. The van der Waals surface area contributed by atoms with Gasteiger partial charge in [0.15, 0.2) is 0 Å². The molecule has 1 atom stereocenters. The van der Waals surface area contributed by atoms with Crippen molar-refractivity contribution in [2.24, 2.45) is 0 Å². The zero-order valence-electron chi connectivity index (χ0n) is 12.5. The van der Waals surface area contributed by atoms with Gasteiger partial charge in [-0.25, -0.2) is 0 Å². The summed E-state index contributed by atoms with van der Waals surface area (Å²) < 4.78 is 11.1. The number of rotatable bonds is 10. The minimum atomic E-state index is 0.0896. The van der Waals surface area contributed by atoms with E-state index in [-0.39, 0.29) is 6.04 Å². The first-order valence-corrected chi connectivity index (χ1v) is 7.12. The zero-order chi connectivity index (χ0) is 14.1. The molecule has 0 spiro atoms.